The number of benzene rings is 2. The standard InChI is InChI=1S/C36H42ClF3N4O5S/c1-34(2,36(38,39)40)41-33(46)43-50(47)16-6-4-5-7-29(48-3)25-12-8-23(25)19-44-20-35-26-14-11-24(37)17-21(26)9-13-27(35)31(35)49-30-15-10-22(18-28(30)44)32(45)42-50/h5,7,10-11,14-15,17-18,23,25,27,29,31H,4,6,8-9,12-13,16,19-20H2,1-3H3,(H2,41,42,43,45,46,47)/b7-5+/t23-,25+,27?,29-,31?,35+,50?/m0/s1. The number of aryl methyl sites for hydroxylation is 1. The van der Waals surface area contributed by atoms with Crippen molar-refractivity contribution in [2.24, 2.45) is 22.1 Å². The molecule has 1 spiro atoms. The first-order valence-electron chi connectivity index (χ1n) is 17.1. The molecule has 0 radical (unpaired) electrons. The number of hydrogen-bond donors (Lipinski definition) is 2. The molecule has 2 heterocycles. The molecule has 2 aliphatic heterocycles. The number of nitrogens with one attached hydrogen (secondary N) is 2. The van der Waals surface area contributed by atoms with Crippen LogP contribution in [0.3, 0.4) is 0 Å². The first-order chi connectivity index (χ1) is 23.6. The van der Waals surface area contributed by atoms with E-state index in [0.717, 1.165) is 45.2 Å². The topological polar surface area (TPSA) is 109 Å². The zero-order chi connectivity index (χ0) is 35.6. The molecule has 0 aromatic heterocycles. The number of nitrogens with zero attached hydrogens (tertiary/aromatic N) is 2. The molecule has 2 fully saturated rings. The van der Waals surface area contributed by atoms with Crippen molar-refractivity contribution in [3.05, 3.63) is 70.3 Å². The highest BCUT2D eigenvalue weighted by molar-refractivity contribution is 7.92. The summed E-state index contributed by atoms with van der Waals surface area (Å²) in [5.41, 5.74) is 0.467. The molecule has 2 aromatic carbocycles. The number of carbonyl (C=O) groups is 2. The van der Waals surface area contributed by atoms with Crippen molar-refractivity contribution >= 4 is 39.1 Å². The van der Waals surface area contributed by atoms with Crippen LogP contribution in [0.4, 0.5) is 23.7 Å². The Morgan fingerprint density at radius 1 is 1.16 bits per heavy atom. The quantitative estimate of drug-likeness (QED) is 0.330. The molecule has 270 valence electrons. The Kier molecular flexibility index (Phi) is 8.95. The second-order valence-corrected chi connectivity index (χ2v) is 17.3. The highest BCUT2D eigenvalue weighted by atomic mass is 35.5. The predicted octanol–water partition coefficient (Wildman–Crippen LogP) is 6.98. The molecular weight excluding hydrogens is 693 g/mol. The van der Waals surface area contributed by atoms with Crippen LogP contribution >= 0.6 is 11.6 Å². The van der Waals surface area contributed by atoms with Crippen molar-refractivity contribution in [3.8, 4) is 5.75 Å². The van der Waals surface area contributed by atoms with E-state index >= 15 is 0 Å². The average molecular weight is 735 g/mol. The van der Waals surface area contributed by atoms with Gasteiger partial charge in [0.2, 0.25) is 0 Å². The fourth-order valence-electron chi connectivity index (χ4n) is 8.35. The summed E-state index contributed by atoms with van der Waals surface area (Å²) < 4.78 is 73.4. The minimum absolute atomic E-state index is 0.0525. The number of anilines is 1. The second-order valence-electron chi connectivity index (χ2n) is 14.8. The summed E-state index contributed by atoms with van der Waals surface area (Å²) in [6.45, 7) is 2.96. The minimum atomic E-state index is -4.77. The van der Waals surface area contributed by atoms with Gasteiger partial charge in [-0.1, -0.05) is 29.8 Å². The van der Waals surface area contributed by atoms with Gasteiger partial charge in [0.15, 0.2) is 0 Å². The molecule has 7 rings (SSSR count). The van der Waals surface area contributed by atoms with E-state index in [1.165, 1.54) is 11.1 Å². The summed E-state index contributed by atoms with van der Waals surface area (Å²) >= 11 is 6.41. The Balaban J connectivity index is 1.27. The van der Waals surface area contributed by atoms with Crippen molar-refractivity contribution in [3.63, 3.8) is 0 Å². The van der Waals surface area contributed by atoms with Gasteiger partial charge in [-0.3, -0.25) is 9.52 Å². The number of allylic oxidation sites excluding steroid dienone is 1. The van der Waals surface area contributed by atoms with Gasteiger partial charge in [0, 0.05) is 36.7 Å². The second kappa shape index (κ2) is 12.7. The summed E-state index contributed by atoms with van der Waals surface area (Å²) in [5.74, 6) is 0.471. The van der Waals surface area contributed by atoms with E-state index in [-0.39, 0.29) is 41.3 Å². The van der Waals surface area contributed by atoms with E-state index in [1.54, 1.807) is 25.3 Å². The van der Waals surface area contributed by atoms with Crippen LogP contribution in [-0.2, 0) is 26.5 Å². The average Bonchev–Trinajstić information content (AvgIpc) is 3.68. The molecule has 3 aliphatic carbocycles. The van der Waals surface area contributed by atoms with Gasteiger partial charge in [0.25, 0.3) is 5.91 Å². The monoisotopic (exact) mass is 734 g/mol. The van der Waals surface area contributed by atoms with Gasteiger partial charge in [-0.2, -0.15) is 13.2 Å². The predicted molar refractivity (Wildman–Crippen MR) is 185 cm³/mol. The van der Waals surface area contributed by atoms with Crippen LogP contribution in [0.1, 0.15) is 67.4 Å². The van der Waals surface area contributed by atoms with Gasteiger partial charge in [0.1, 0.15) is 27.3 Å². The fraction of sp³-hybridized carbons (Fsp3) is 0.556. The molecule has 3 unspecified atom stereocenters. The summed E-state index contributed by atoms with van der Waals surface area (Å²) in [5, 5.41) is 2.53. The molecule has 50 heavy (non-hydrogen) atoms. The third-order valence-electron chi connectivity index (χ3n) is 11.3. The molecular formula is C36H42ClF3N4O5S. The van der Waals surface area contributed by atoms with Gasteiger partial charge >= 0.3 is 12.2 Å². The minimum Gasteiger partial charge on any atom is -0.487 e. The summed E-state index contributed by atoms with van der Waals surface area (Å²) in [4.78, 5) is 28.8. The maximum absolute atomic E-state index is 14.1. The van der Waals surface area contributed by atoms with E-state index < -0.39 is 33.6 Å². The number of halogens is 4. The molecule has 2 saturated carbocycles. The van der Waals surface area contributed by atoms with Crippen LogP contribution in [0.2, 0.25) is 5.02 Å². The van der Waals surface area contributed by atoms with Crippen LogP contribution < -0.4 is 19.7 Å². The molecule has 5 aliphatic rings. The van der Waals surface area contributed by atoms with Crippen LogP contribution in [0.15, 0.2) is 52.9 Å². The first kappa shape index (κ1) is 35.1. The van der Waals surface area contributed by atoms with Gasteiger partial charge in [0.05, 0.1) is 23.0 Å². The van der Waals surface area contributed by atoms with Crippen molar-refractivity contribution in [2.45, 2.75) is 81.7 Å². The molecule has 2 N–H and O–H groups in total. The SMILES string of the molecule is CO[C@H]1/C=C/CCCS(=O)(NC(=O)NC(C)(C)C(F)(F)F)=NC(=O)c2ccc3c(c2)N(C[C@@H]2CC[C@H]21)C[C@@]12c4ccc(Cl)cc4CCC1C2O3. The number of urea groups is 1. The first-order valence-corrected chi connectivity index (χ1v) is 19.2. The third-order valence-corrected chi connectivity index (χ3v) is 13.4. The Morgan fingerprint density at radius 3 is 2.68 bits per heavy atom. The lowest BCUT2D eigenvalue weighted by atomic mass is 9.70. The van der Waals surface area contributed by atoms with E-state index in [2.05, 4.69) is 26.1 Å². The highest BCUT2D eigenvalue weighted by Crippen LogP contribution is 2.64. The highest BCUT2D eigenvalue weighted by Gasteiger charge is 2.70. The van der Waals surface area contributed by atoms with Crippen LogP contribution in [0.25, 0.3) is 0 Å². The Labute approximate surface area is 295 Å². The van der Waals surface area contributed by atoms with E-state index in [4.69, 9.17) is 21.1 Å². The normalized spacial score (nSPS) is 32.7. The van der Waals surface area contributed by atoms with Crippen LogP contribution in [0, 0.1) is 17.8 Å². The van der Waals surface area contributed by atoms with Gasteiger partial charge in [-0.05, 0) is 106 Å². The summed E-state index contributed by atoms with van der Waals surface area (Å²) in [6.07, 6.45) is 3.59. The fourth-order valence-corrected chi connectivity index (χ4v) is 10.1. The Morgan fingerprint density at radius 2 is 1.96 bits per heavy atom. The summed E-state index contributed by atoms with van der Waals surface area (Å²) in [7, 11) is -2.14. The summed E-state index contributed by atoms with van der Waals surface area (Å²) in [6, 6.07) is 9.78. The third kappa shape index (κ3) is 6.27. The number of methoxy groups -OCH3 is 1. The van der Waals surface area contributed by atoms with Crippen LogP contribution in [-0.4, -0.2) is 66.0 Å². The van der Waals surface area contributed by atoms with Crippen molar-refractivity contribution in [1.29, 1.82) is 0 Å². The Hall–Kier alpha value is -3.29. The van der Waals surface area contributed by atoms with Gasteiger partial charge < -0.3 is 19.7 Å². The van der Waals surface area contributed by atoms with Crippen molar-refractivity contribution in [1.82, 2.24) is 10.0 Å². The number of hydrogen-bond acceptors (Lipinski definition) is 6. The number of carbonyl (C=O) groups excluding carboxylic acids is 2. The van der Waals surface area contributed by atoms with Crippen molar-refractivity contribution in [2.75, 3.05) is 30.9 Å². The van der Waals surface area contributed by atoms with Crippen molar-refractivity contribution < 1.29 is 36.4 Å². The molecule has 14 heteroatoms. The lowest BCUT2D eigenvalue weighted by Gasteiger charge is -2.44. The number of fused-ring (bicyclic) bond motifs is 4. The maximum Gasteiger partial charge on any atom is 0.411 e. The van der Waals surface area contributed by atoms with Crippen LogP contribution in [0.5, 0.6) is 5.75 Å². The van der Waals surface area contributed by atoms with E-state index in [1.807, 2.05) is 23.5 Å². The lowest BCUT2D eigenvalue weighted by Crippen LogP contribution is -2.57. The molecule has 3 amide bonds. The number of amides is 3. The largest absolute Gasteiger partial charge is 0.487 e. The molecule has 0 saturated heterocycles. The Bertz CT molecular complexity index is 1860. The zero-order valence-electron chi connectivity index (χ0n) is 28.2. The number of rotatable bonds is 3. The smallest absolute Gasteiger partial charge is 0.411 e. The molecule has 7 atom stereocenters. The van der Waals surface area contributed by atoms with Gasteiger partial charge in [-0.25, -0.2) is 9.00 Å². The number of alkyl halides is 3. The molecule has 2 aromatic rings. The zero-order valence-corrected chi connectivity index (χ0v) is 29.8. The maximum atomic E-state index is 14.1. The number of ether oxygens (including phenoxy) is 2. The lowest BCUT2D eigenvalue weighted by molar-refractivity contribution is -0.182. The molecule has 2 bridgehead atoms. The molecule has 9 nitrogen and oxygen atoms in total. The van der Waals surface area contributed by atoms with E-state index in [0.29, 0.717) is 42.1 Å². The van der Waals surface area contributed by atoms with E-state index in [9.17, 15) is 27.0 Å². The van der Waals surface area contributed by atoms with Gasteiger partial charge in [-0.15, -0.1) is 4.36 Å².